The second kappa shape index (κ2) is 11.7. The molecule has 0 bridgehead atoms. The van der Waals surface area contributed by atoms with Gasteiger partial charge in [-0.2, -0.15) is 0 Å². The van der Waals surface area contributed by atoms with E-state index >= 15 is 0 Å². The van der Waals surface area contributed by atoms with E-state index in [9.17, 15) is 22.4 Å². The van der Waals surface area contributed by atoms with E-state index in [2.05, 4.69) is 15.8 Å². The lowest BCUT2D eigenvalue weighted by Gasteiger charge is -2.17. The first-order valence-corrected chi connectivity index (χ1v) is 11.7. The van der Waals surface area contributed by atoms with Crippen LogP contribution in [-0.4, -0.2) is 56.1 Å². The Balaban J connectivity index is 1.76. The highest BCUT2D eigenvalue weighted by Gasteiger charge is 2.20. The minimum absolute atomic E-state index is 0.00504. The maximum absolute atomic E-state index is 13.0. The molecule has 1 heterocycles. The van der Waals surface area contributed by atoms with E-state index in [1.54, 1.807) is 6.07 Å². The highest BCUT2D eigenvalue weighted by Crippen LogP contribution is 2.15. The fourth-order valence-electron chi connectivity index (χ4n) is 2.87. The molecular formula is C21H29FN4O5S. The molecule has 0 aliphatic heterocycles. The van der Waals surface area contributed by atoms with Crippen molar-refractivity contribution in [3.8, 4) is 0 Å². The number of carbonyl (C=O) groups excluding carboxylic acids is 2. The third kappa shape index (κ3) is 7.14. The number of halogens is 1. The molecule has 1 aromatic carbocycles. The van der Waals surface area contributed by atoms with Gasteiger partial charge in [-0.3, -0.25) is 25.3 Å². The van der Waals surface area contributed by atoms with Gasteiger partial charge >= 0.3 is 5.91 Å². The summed E-state index contributed by atoms with van der Waals surface area (Å²) in [4.78, 5) is 26.2. The Morgan fingerprint density at radius 1 is 1.03 bits per heavy atom. The highest BCUT2D eigenvalue weighted by atomic mass is 32.2. The van der Waals surface area contributed by atoms with E-state index in [4.69, 9.17) is 4.42 Å². The van der Waals surface area contributed by atoms with Gasteiger partial charge in [0.05, 0.1) is 11.4 Å². The molecule has 0 fully saturated rings. The molecule has 0 aliphatic carbocycles. The molecule has 0 saturated carbocycles. The van der Waals surface area contributed by atoms with Crippen molar-refractivity contribution in [1.29, 1.82) is 0 Å². The predicted octanol–water partition coefficient (Wildman–Crippen LogP) is 2.12. The summed E-state index contributed by atoms with van der Waals surface area (Å²) in [6, 6.07) is 7.77. The van der Waals surface area contributed by atoms with Gasteiger partial charge in [0.2, 0.25) is 15.9 Å². The van der Waals surface area contributed by atoms with Gasteiger partial charge in [0, 0.05) is 20.0 Å². The Hall–Kier alpha value is -2.76. The Morgan fingerprint density at radius 2 is 1.69 bits per heavy atom. The molecule has 2 rings (SSSR count). The number of furan rings is 1. The molecule has 2 N–H and O–H groups in total. The number of nitrogens with one attached hydrogen (secondary N) is 2. The largest absolute Gasteiger partial charge is 0.454 e. The molecule has 0 unspecified atom stereocenters. The van der Waals surface area contributed by atoms with Gasteiger partial charge in [-0.25, -0.2) is 17.1 Å². The lowest BCUT2D eigenvalue weighted by atomic mass is 10.3. The van der Waals surface area contributed by atoms with Crippen molar-refractivity contribution < 1.29 is 26.8 Å². The van der Waals surface area contributed by atoms with Crippen LogP contribution in [-0.2, 0) is 21.4 Å². The fourth-order valence-corrected chi connectivity index (χ4v) is 4.08. The van der Waals surface area contributed by atoms with E-state index in [1.807, 2.05) is 13.8 Å². The molecule has 2 aromatic rings. The van der Waals surface area contributed by atoms with Crippen LogP contribution >= 0.6 is 0 Å². The maximum Gasteiger partial charge on any atom is 0.305 e. The SMILES string of the molecule is CCN(CC)Cc1ccc(C(=O)NNC(=O)CCCN(C)S(=O)(=O)c2ccc(F)cc2)o1. The monoisotopic (exact) mass is 468 g/mol. The average Bonchev–Trinajstić information content (AvgIpc) is 3.24. The van der Waals surface area contributed by atoms with Gasteiger partial charge in [-0.05, 0) is 55.9 Å². The second-order valence-corrected chi connectivity index (χ2v) is 9.16. The number of hydrogen-bond acceptors (Lipinski definition) is 6. The second-order valence-electron chi connectivity index (χ2n) is 7.11. The van der Waals surface area contributed by atoms with Gasteiger partial charge in [-0.1, -0.05) is 13.8 Å². The van der Waals surface area contributed by atoms with Crippen LogP contribution in [0.2, 0.25) is 0 Å². The highest BCUT2D eigenvalue weighted by molar-refractivity contribution is 7.89. The first-order valence-electron chi connectivity index (χ1n) is 10.3. The van der Waals surface area contributed by atoms with Gasteiger partial charge in [0.15, 0.2) is 5.76 Å². The number of hydrazine groups is 1. The zero-order chi connectivity index (χ0) is 23.7. The molecule has 1 aromatic heterocycles. The number of hydrogen-bond donors (Lipinski definition) is 2. The minimum Gasteiger partial charge on any atom is -0.454 e. The zero-order valence-corrected chi connectivity index (χ0v) is 19.2. The number of sulfonamides is 1. The van der Waals surface area contributed by atoms with Crippen LogP contribution in [0.1, 0.15) is 43.0 Å². The molecule has 11 heteroatoms. The Kier molecular flexibility index (Phi) is 9.36. The Bertz CT molecular complexity index is 1000. The quantitative estimate of drug-likeness (QED) is 0.489. The van der Waals surface area contributed by atoms with Crippen LogP contribution in [0.5, 0.6) is 0 Å². The minimum atomic E-state index is -3.78. The third-order valence-electron chi connectivity index (χ3n) is 4.87. The van der Waals surface area contributed by atoms with Crippen LogP contribution in [0, 0.1) is 5.82 Å². The van der Waals surface area contributed by atoms with Crippen molar-refractivity contribution >= 4 is 21.8 Å². The lowest BCUT2D eigenvalue weighted by molar-refractivity contribution is -0.122. The molecule has 0 aliphatic rings. The van der Waals surface area contributed by atoms with Crippen LogP contribution in [0.15, 0.2) is 45.7 Å². The topological polar surface area (TPSA) is 112 Å². The summed E-state index contributed by atoms with van der Waals surface area (Å²) in [5.41, 5.74) is 4.56. The molecule has 0 atom stereocenters. The molecule has 176 valence electrons. The zero-order valence-electron chi connectivity index (χ0n) is 18.4. The van der Waals surface area contributed by atoms with E-state index < -0.39 is 27.7 Å². The first-order chi connectivity index (χ1) is 15.2. The van der Waals surface area contributed by atoms with Crippen LogP contribution < -0.4 is 10.9 Å². The van der Waals surface area contributed by atoms with E-state index in [0.29, 0.717) is 12.3 Å². The fraction of sp³-hybridized carbons (Fsp3) is 0.429. The van der Waals surface area contributed by atoms with Crippen molar-refractivity contribution in [1.82, 2.24) is 20.1 Å². The van der Waals surface area contributed by atoms with Crippen molar-refractivity contribution in [2.45, 2.75) is 38.1 Å². The van der Waals surface area contributed by atoms with Crippen molar-refractivity contribution in [2.24, 2.45) is 0 Å². The third-order valence-corrected chi connectivity index (χ3v) is 6.74. The van der Waals surface area contributed by atoms with Crippen molar-refractivity contribution in [3.05, 3.63) is 53.7 Å². The summed E-state index contributed by atoms with van der Waals surface area (Å²) in [6.07, 6.45) is 0.225. The molecule has 9 nitrogen and oxygen atoms in total. The standard InChI is InChI=1S/C21H29FN4O5S/c1-4-26(5-2)15-17-10-13-19(31-17)21(28)24-23-20(27)7-6-14-25(3)32(29,30)18-11-8-16(22)9-12-18/h8-13H,4-7,14-15H2,1-3H3,(H,23,27)(H,24,28). The lowest BCUT2D eigenvalue weighted by Crippen LogP contribution is -2.41. The summed E-state index contributed by atoms with van der Waals surface area (Å²) in [7, 11) is -2.40. The number of amides is 2. The molecular weight excluding hydrogens is 439 g/mol. The molecule has 0 saturated heterocycles. The molecule has 32 heavy (non-hydrogen) atoms. The summed E-state index contributed by atoms with van der Waals surface area (Å²) in [6.45, 7) is 6.44. The predicted molar refractivity (Wildman–Crippen MR) is 116 cm³/mol. The normalized spacial score (nSPS) is 11.7. The number of benzene rings is 1. The molecule has 0 radical (unpaired) electrons. The smallest absolute Gasteiger partial charge is 0.305 e. The van der Waals surface area contributed by atoms with Crippen LogP contribution in [0.25, 0.3) is 0 Å². The van der Waals surface area contributed by atoms with Gasteiger partial charge in [-0.15, -0.1) is 0 Å². The van der Waals surface area contributed by atoms with Crippen LogP contribution in [0.4, 0.5) is 4.39 Å². The first kappa shape index (κ1) is 25.5. The summed E-state index contributed by atoms with van der Waals surface area (Å²) >= 11 is 0. The molecule has 0 spiro atoms. The Morgan fingerprint density at radius 3 is 2.31 bits per heavy atom. The van der Waals surface area contributed by atoms with E-state index in [-0.39, 0.29) is 30.0 Å². The summed E-state index contributed by atoms with van der Waals surface area (Å²) < 4.78 is 44.5. The van der Waals surface area contributed by atoms with Crippen LogP contribution in [0.3, 0.4) is 0 Å². The maximum atomic E-state index is 13.0. The number of rotatable bonds is 11. The summed E-state index contributed by atoms with van der Waals surface area (Å²) in [5.74, 6) is -0.853. The summed E-state index contributed by atoms with van der Waals surface area (Å²) in [5, 5.41) is 0. The average molecular weight is 469 g/mol. The van der Waals surface area contributed by atoms with Crippen molar-refractivity contribution in [3.63, 3.8) is 0 Å². The van der Waals surface area contributed by atoms with Crippen molar-refractivity contribution in [2.75, 3.05) is 26.7 Å². The van der Waals surface area contributed by atoms with Gasteiger partial charge in [0.1, 0.15) is 11.6 Å². The van der Waals surface area contributed by atoms with E-state index in [0.717, 1.165) is 29.5 Å². The number of nitrogens with zero attached hydrogens (tertiary/aromatic N) is 2. The van der Waals surface area contributed by atoms with E-state index in [1.165, 1.54) is 25.2 Å². The Labute approximate surface area is 187 Å². The molecule has 2 amide bonds. The van der Waals surface area contributed by atoms with Gasteiger partial charge < -0.3 is 4.42 Å². The number of carbonyl (C=O) groups is 2. The van der Waals surface area contributed by atoms with Gasteiger partial charge in [0.25, 0.3) is 0 Å².